The van der Waals surface area contributed by atoms with E-state index in [9.17, 15) is 5.11 Å². The highest BCUT2D eigenvalue weighted by atomic mass is 35.5. The van der Waals surface area contributed by atoms with Gasteiger partial charge in [-0.05, 0) is 79.2 Å². The number of hydrogen-bond donors (Lipinski definition) is 1. The summed E-state index contributed by atoms with van der Waals surface area (Å²) in [4.78, 5) is 0. The molecule has 0 atom stereocenters. The van der Waals surface area contributed by atoms with Gasteiger partial charge in [0.15, 0.2) is 11.5 Å². The molecule has 0 fully saturated rings. The van der Waals surface area contributed by atoms with Crippen molar-refractivity contribution in [3.8, 4) is 28.7 Å². The van der Waals surface area contributed by atoms with E-state index in [2.05, 4.69) is 0 Å². The SMILES string of the molecule is C.Cc1cc(Cl)ccc1Oc1ccc(Cl)cc1Cl.Cl.Oc1cc(Cl)ccc1Oc1ccc(Cl)cc1Cl. The van der Waals surface area contributed by atoms with Crippen molar-refractivity contribution in [1.82, 2.24) is 0 Å². The van der Waals surface area contributed by atoms with Gasteiger partial charge in [0.2, 0.25) is 0 Å². The summed E-state index contributed by atoms with van der Waals surface area (Å²) in [7, 11) is 0. The van der Waals surface area contributed by atoms with Crippen LogP contribution in [-0.2, 0) is 0 Å². The summed E-state index contributed by atoms with van der Waals surface area (Å²) in [5.74, 6) is 1.93. The van der Waals surface area contributed by atoms with Crippen LogP contribution in [-0.4, -0.2) is 5.11 Å². The molecule has 0 heterocycles. The minimum absolute atomic E-state index is 0. The van der Waals surface area contributed by atoms with Crippen molar-refractivity contribution in [1.29, 1.82) is 0 Å². The molecule has 0 aliphatic carbocycles. The molecule has 0 aliphatic rings. The fourth-order valence-electron chi connectivity index (χ4n) is 2.66. The van der Waals surface area contributed by atoms with Gasteiger partial charge < -0.3 is 14.6 Å². The standard InChI is InChI=1S/C13H9Cl3O.C12H7Cl3O2.CH4.ClH/c1-8-6-9(14)2-4-12(8)17-13-5-3-10(15)7-11(13)16;13-7-1-3-11(9(15)5-7)17-12-4-2-8(14)6-10(12)16;;/h2-7H,1H3;1-6,16H;1H4;1H. The predicted molar refractivity (Wildman–Crippen MR) is 156 cm³/mol. The topological polar surface area (TPSA) is 38.7 Å². The lowest BCUT2D eigenvalue weighted by atomic mass is 10.2. The number of phenolic OH excluding ortho intramolecular Hbond substituents is 1. The van der Waals surface area contributed by atoms with E-state index in [-0.39, 0.29) is 31.3 Å². The van der Waals surface area contributed by atoms with Crippen molar-refractivity contribution < 1.29 is 14.6 Å². The first-order chi connectivity index (χ1) is 16.1. The summed E-state index contributed by atoms with van der Waals surface area (Å²) in [6.07, 6.45) is 0. The molecular weight excluding hydrogens is 608 g/mol. The Bertz CT molecular complexity index is 1110. The molecule has 1 N–H and O–H groups in total. The highest BCUT2D eigenvalue weighted by Crippen LogP contribution is 2.37. The lowest BCUT2D eigenvalue weighted by Gasteiger charge is -2.10. The largest absolute Gasteiger partial charge is 0.504 e. The Labute approximate surface area is 246 Å². The van der Waals surface area contributed by atoms with Gasteiger partial charge in [0.1, 0.15) is 17.2 Å². The van der Waals surface area contributed by atoms with Crippen LogP contribution in [0.4, 0.5) is 0 Å². The van der Waals surface area contributed by atoms with E-state index in [0.717, 1.165) is 11.3 Å². The predicted octanol–water partition coefficient (Wildman–Crippen LogP) is 12.0. The number of benzene rings is 4. The van der Waals surface area contributed by atoms with Gasteiger partial charge in [-0.2, -0.15) is 0 Å². The molecule has 0 radical (unpaired) electrons. The molecule has 36 heavy (non-hydrogen) atoms. The molecule has 4 aromatic carbocycles. The second kappa shape index (κ2) is 14.9. The third-order valence-electron chi connectivity index (χ3n) is 4.29. The fraction of sp³-hybridized carbons (Fsp3) is 0.0769. The van der Waals surface area contributed by atoms with E-state index in [1.165, 1.54) is 6.07 Å². The van der Waals surface area contributed by atoms with Crippen molar-refractivity contribution >= 4 is 82.0 Å². The Morgan fingerprint density at radius 2 is 0.889 bits per heavy atom. The van der Waals surface area contributed by atoms with Crippen LogP contribution < -0.4 is 9.47 Å². The first-order valence-electron chi connectivity index (χ1n) is 9.63. The van der Waals surface area contributed by atoms with Crippen molar-refractivity contribution in [2.75, 3.05) is 0 Å². The summed E-state index contributed by atoms with van der Waals surface area (Å²) >= 11 is 35.1. The molecular formula is C26H21Cl7O3. The maximum atomic E-state index is 9.62. The van der Waals surface area contributed by atoms with Crippen LogP contribution in [0.1, 0.15) is 13.0 Å². The summed E-state index contributed by atoms with van der Waals surface area (Å²) in [5, 5.41) is 12.7. The molecule has 0 saturated carbocycles. The van der Waals surface area contributed by atoms with Gasteiger partial charge in [-0.15, -0.1) is 12.4 Å². The van der Waals surface area contributed by atoms with E-state index < -0.39 is 0 Å². The molecule has 0 bridgehead atoms. The van der Waals surface area contributed by atoms with E-state index in [0.29, 0.717) is 41.6 Å². The lowest BCUT2D eigenvalue weighted by Crippen LogP contribution is -1.88. The van der Waals surface area contributed by atoms with E-state index in [1.807, 2.05) is 19.1 Å². The van der Waals surface area contributed by atoms with Gasteiger partial charge in [-0.1, -0.05) is 77.0 Å². The van der Waals surface area contributed by atoms with Gasteiger partial charge in [0, 0.05) is 26.2 Å². The Kier molecular flexibility index (Phi) is 13.4. The Morgan fingerprint density at radius 3 is 1.31 bits per heavy atom. The smallest absolute Gasteiger partial charge is 0.169 e. The van der Waals surface area contributed by atoms with Gasteiger partial charge in [0.25, 0.3) is 0 Å². The molecule has 0 spiro atoms. The minimum Gasteiger partial charge on any atom is -0.504 e. The summed E-state index contributed by atoms with van der Waals surface area (Å²) < 4.78 is 11.2. The number of halogens is 7. The zero-order chi connectivity index (χ0) is 24.8. The number of aryl methyl sites for hydroxylation is 1. The molecule has 192 valence electrons. The highest BCUT2D eigenvalue weighted by molar-refractivity contribution is 6.36. The molecule has 0 amide bonds. The molecule has 0 aliphatic heterocycles. The number of hydrogen-bond acceptors (Lipinski definition) is 3. The fourth-order valence-corrected chi connectivity index (χ4v) is 3.94. The van der Waals surface area contributed by atoms with Crippen molar-refractivity contribution in [3.05, 3.63) is 108 Å². The molecule has 0 saturated heterocycles. The monoisotopic (exact) mass is 626 g/mol. The maximum absolute atomic E-state index is 9.62. The van der Waals surface area contributed by atoms with Gasteiger partial charge in [0.05, 0.1) is 10.0 Å². The van der Waals surface area contributed by atoms with Gasteiger partial charge in [-0.3, -0.25) is 0 Å². The van der Waals surface area contributed by atoms with E-state index >= 15 is 0 Å². The second-order valence-corrected chi connectivity index (χ2v) is 9.44. The van der Waals surface area contributed by atoms with Crippen LogP contribution >= 0.6 is 82.0 Å². The number of rotatable bonds is 4. The summed E-state index contributed by atoms with van der Waals surface area (Å²) in [6, 6.07) is 19.9. The maximum Gasteiger partial charge on any atom is 0.169 e. The first kappa shape index (κ1) is 32.3. The minimum atomic E-state index is -0.0523. The number of ether oxygens (including phenoxy) is 2. The normalized spacial score (nSPS) is 9.75. The van der Waals surface area contributed by atoms with Crippen LogP contribution in [0, 0.1) is 6.92 Å². The van der Waals surface area contributed by atoms with Crippen molar-refractivity contribution in [3.63, 3.8) is 0 Å². The van der Waals surface area contributed by atoms with Gasteiger partial charge in [-0.25, -0.2) is 0 Å². The van der Waals surface area contributed by atoms with Crippen LogP contribution in [0.3, 0.4) is 0 Å². The quantitative estimate of drug-likeness (QED) is 0.244. The average molecular weight is 630 g/mol. The summed E-state index contributed by atoms with van der Waals surface area (Å²) in [5.41, 5.74) is 0.948. The number of phenols is 1. The molecule has 4 rings (SSSR count). The van der Waals surface area contributed by atoms with Crippen LogP contribution in [0.2, 0.25) is 30.1 Å². The molecule has 3 nitrogen and oxygen atoms in total. The zero-order valence-electron chi connectivity index (χ0n) is 17.9. The first-order valence-corrected chi connectivity index (χ1v) is 11.9. The molecule has 0 aromatic heterocycles. The van der Waals surface area contributed by atoms with Gasteiger partial charge >= 0.3 is 0 Å². The van der Waals surface area contributed by atoms with Crippen LogP contribution in [0.25, 0.3) is 0 Å². The van der Waals surface area contributed by atoms with Crippen LogP contribution in [0.15, 0.2) is 72.8 Å². The highest BCUT2D eigenvalue weighted by Gasteiger charge is 2.08. The second-order valence-electron chi connectivity index (χ2n) is 6.88. The Hall–Kier alpha value is -1.69. The van der Waals surface area contributed by atoms with Crippen molar-refractivity contribution in [2.24, 2.45) is 0 Å². The third-order valence-corrected chi connectivity index (χ3v) is 5.82. The molecule has 10 heteroatoms. The summed E-state index contributed by atoms with van der Waals surface area (Å²) in [6.45, 7) is 1.92. The molecule has 0 unspecified atom stereocenters. The van der Waals surface area contributed by atoms with Crippen molar-refractivity contribution in [2.45, 2.75) is 14.4 Å². The van der Waals surface area contributed by atoms with Crippen LogP contribution in [0.5, 0.6) is 28.7 Å². The zero-order valence-corrected chi connectivity index (χ0v) is 23.2. The van der Waals surface area contributed by atoms with E-state index in [1.54, 1.807) is 54.6 Å². The molecule has 4 aromatic rings. The third kappa shape index (κ3) is 9.32. The van der Waals surface area contributed by atoms with E-state index in [4.69, 9.17) is 79.1 Å². The lowest BCUT2D eigenvalue weighted by molar-refractivity contribution is 0.411. The average Bonchev–Trinajstić information content (AvgIpc) is 2.76. The number of aromatic hydroxyl groups is 1. The Morgan fingerprint density at radius 1 is 0.528 bits per heavy atom. The Balaban J connectivity index is 0.000000341.